The lowest BCUT2D eigenvalue weighted by molar-refractivity contribution is -0.0498. The van der Waals surface area contributed by atoms with Crippen LogP contribution in [0.15, 0.2) is 60.9 Å². The summed E-state index contributed by atoms with van der Waals surface area (Å²) in [4.78, 5) is 9.17. The Labute approximate surface area is 201 Å². The van der Waals surface area contributed by atoms with Gasteiger partial charge < -0.3 is 13.9 Å². The normalized spacial score (nSPS) is 15.7. The van der Waals surface area contributed by atoms with Crippen LogP contribution < -0.4 is 4.74 Å². The molecule has 182 valence electrons. The standard InChI is InChI=1S/C20H20FN3O.C7H6F2O/c21-16-10-20-23-18-2-1-3-19(18)24(20)12-15(16)14-4-5-17(22-11-14)13-6-8-25-9-7-13;8-7(9)10-6-4-2-1-3-5-6/h4-5,10-13H,1-3,6-9H2;1-5,7H. The minimum absolute atomic E-state index is 0.192. The monoisotopic (exact) mass is 481 g/mol. The van der Waals surface area contributed by atoms with Crippen molar-refractivity contribution in [3.05, 3.63) is 83.8 Å². The third-order valence-electron chi connectivity index (χ3n) is 6.42. The van der Waals surface area contributed by atoms with E-state index in [-0.39, 0.29) is 11.6 Å². The van der Waals surface area contributed by atoms with Gasteiger partial charge in [-0.15, -0.1) is 0 Å². The van der Waals surface area contributed by atoms with E-state index >= 15 is 0 Å². The number of rotatable bonds is 4. The summed E-state index contributed by atoms with van der Waals surface area (Å²) in [5.41, 5.74) is 5.53. The topological polar surface area (TPSA) is 48.7 Å². The average Bonchev–Trinajstić information content (AvgIpc) is 3.46. The molecule has 0 saturated carbocycles. The van der Waals surface area contributed by atoms with E-state index in [1.54, 1.807) is 30.5 Å². The number of fused-ring (bicyclic) bond motifs is 3. The van der Waals surface area contributed by atoms with Crippen LogP contribution in [-0.2, 0) is 17.6 Å². The highest BCUT2D eigenvalue weighted by atomic mass is 19.3. The zero-order valence-electron chi connectivity index (χ0n) is 19.2. The second-order valence-corrected chi connectivity index (χ2v) is 8.67. The van der Waals surface area contributed by atoms with Gasteiger partial charge in [0.05, 0.1) is 5.69 Å². The summed E-state index contributed by atoms with van der Waals surface area (Å²) in [6, 6.07) is 13.5. The molecule has 0 amide bonds. The Morgan fingerprint density at radius 3 is 2.54 bits per heavy atom. The second kappa shape index (κ2) is 10.5. The molecule has 1 saturated heterocycles. The number of alkyl halides is 2. The smallest absolute Gasteiger partial charge is 0.387 e. The Hall–Kier alpha value is -3.39. The molecule has 1 aliphatic carbocycles. The molecule has 0 bridgehead atoms. The largest absolute Gasteiger partial charge is 0.435 e. The van der Waals surface area contributed by atoms with Crippen molar-refractivity contribution in [2.75, 3.05) is 13.2 Å². The van der Waals surface area contributed by atoms with E-state index < -0.39 is 6.61 Å². The van der Waals surface area contributed by atoms with E-state index in [0.717, 1.165) is 62.3 Å². The Morgan fingerprint density at radius 2 is 1.83 bits per heavy atom. The number of nitrogens with zero attached hydrogens (tertiary/aromatic N) is 3. The number of imidazole rings is 1. The minimum Gasteiger partial charge on any atom is -0.435 e. The molecule has 0 N–H and O–H groups in total. The van der Waals surface area contributed by atoms with E-state index in [4.69, 9.17) is 4.74 Å². The maximum absolute atomic E-state index is 14.6. The summed E-state index contributed by atoms with van der Waals surface area (Å²) in [6.07, 6.45) is 8.84. The van der Waals surface area contributed by atoms with Gasteiger partial charge in [-0.1, -0.05) is 24.3 Å². The van der Waals surface area contributed by atoms with E-state index in [2.05, 4.69) is 14.7 Å². The van der Waals surface area contributed by atoms with Crippen molar-refractivity contribution in [3.8, 4) is 16.9 Å². The van der Waals surface area contributed by atoms with Crippen molar-refractivity contribution < 1.29 is 22.6 Å². The number of aromatic nitrogens is 3. The summed E-state index contributed by atoms with van der Waals surface area (Å²) >= 11 is 0. The van der Waals surface area contributed by atoms with Crippen LogP contribution in [0.4, 0.5) is 13.2 Å². The first-order valence-corrected chi connectivity index (χ1v) is 11.8. The molecule has 3 aromatic heterocycles. The van der Waals surface area contributed by atoms with Gasteiger partial charge in [0.15, 0.2) is 0 Å². The first kappa shape index (κ1) is 23.4. The molecule has 8 heteroatoms. The molecule has 2 aliphatic rings. The average molecular weight is 482 g/mol. The number of hydrogen-bond donors (Lipinski definition) is 0. The van der Waals surface area contributed by atoms with Crippen molar-refractivity contribution >= 4 is 5.65 Å². The number of aryl methyl sites for hydroxylation is 2. The molecule has 6 rings (SSSR count). The van der Waals surface area contributed by atoms with Gasteiger partial charge in [-0.2, -0.15) is 8.78 Å². The fourth-order valence-corrected chi connectivity index (χ4v) is 4.66. The summed E-state index contributed by atoms with van der Waals surface area (Å²) in [5.74, 6) is 0.404. The molecular formula is C27H26F3N3O2. The molecule has 4 heterocycles. The summed E-state index contributed by atoms with van der Waals surface area (Å²) in [6.45, 7) is -1.14. The zero-order chi connectivity index (χ0) is 24.2. The van der Waals surface area contributed by atoms with Crippen LogP contribution in [0, 0.1) is 5.82 Å². The molecule has 1 aliphatic heterocycles. The van der Waals surface area contributed by atoms with Crippen molar-refractivity contribution in [2.45, 2.75) is 44.6 Å². The first-order valence-electron chi connectivity index (χ1n) is 11.8. The van der Waals surface area contributed by atoms with Gasteiger partial charge in [0.2, 0.25) is 0 Å². The molecule has 5 nitrogen and oxygen atoms in total. The SMILES string of the molecule is FC(F)Oc1ccccc1.Fc1cc2nc3c(n2cc1-c1ccc(C2CCOCC2)nc1)CCC3. The summed E-state index contributed by atoms with van der Waals surface area (Å²) in [5, 5.41) is 0. The number of hydrogen-bond acceptors (Lipinski definition) is 4. The van der Waals surface area contributed by atoms with E-state index in [1.165, 1.54) is 17.8 Å². The Balaban J connectivity index is 0.000000214. The molecule has 4 aromatic rings. The van der Waals surface area contributed by atoms with Crippen molar-refractivity contribution in [2.24, 2.45) is 0 Å². The minimum atomic E-state index is -2.73. The molecule has 0 spiro atoms. The van der Waals surface area contributed by atoms with Gasteiger partial charge in [-0.3, -0.25) is 4.98 Å². The highest BCUT2D eigenvalue weighted by molar-refractivity contribution is 5.65. The quantitative estimate of drug-likeness (QED) is 0.348. The fourth-order valence-electron chi connectivity index (χ4n) is 4.66. The van der Waals surface area contributed by atoms with Crippen LogP contribution >= 0.6 is 0 Å². The first-order chi connectivity index (χ1) is 17.1. The van der Waals surface area contributed by atoms with Crippen LogP contribution in [0.5, 0.6) is 5.75 Å². The fraction of sp³-hybridized carbons (Fsp3) is 0.333. The third-order valence-corrected chi connectivity index (χ3v) is 6.42. The lowest BCUT2D eigenvalue weighted by atomic mass is 9.95. The van der Waals surface area contributed by atoms with Gasteiger partial charge in [0, 0.05) is 60.1 Å². The van der Waals surface area contributed by atoms with Gasteiger partial charge in [-0.25, -0.2) is 9.37 Å². The van der Waals surface area contributed by atoms with E-state index in [1.807, 2.05) is 22.7 Å². The number of benzene rings is 1. The van der Waals surface area contributed by atoms with Gasteiger partial charge in [0.25, 0.3) is 0 Å². The predicted molar refractivity (Wildman–Crippen MR) is 126 cm³/mol. The van der Waals surface area contributed by atoms with Gasteiger partial charge in [-0.05, 0) is 50.3 Å². The maximum atomic E-state index is 14.6. The Bertz CT molecular complexity index is 1270. The summed E-state index contributed by atoms with van der Waals surface area (Å²) in [7, 11) is 0. The van der Waals surface area contributed by atoms with Gasteiger partial charge in [0.1, 0.15) is 17.2 Å². The number of pyridine rings is 2. The third kappa shape index (κ3) is 5.32. The predicted octanol–water partition coefficient (Wildman–Crippen LogP) is 6.21. The number of ether oxygens (including phenoxy) is 2. The molecule has 0 unspecified atom stereocenters. The van der Waals surface area contributed by atoms with Crippen molar-refractivity contribution in [1.82, 2.24) is 14.4 Å². The van der Waals surface area contributed by atoms with Crippen LogP contribution in [0.3, 0.4) is 0 Å². The molecule has 0 atom stereocenters. The molecular weight excluding hydrogens is 455 g/mol. The van der Waals surface area contributed by atoms with Crippen LogP contribution in [0.25, 0.3) is 16.8 Å². The lowest BCUT2D eigenvalue weighted by Gasteiger charge is -2.21. The highest BCUT2D eigenvalue weighted by Gasteiger charge is 2.20. The van der Waals surface area contributed by atoms with E-state index in [0.29, 0.717) is 17.1 Å². The van der Waals surface area contributed by atoms with E-state index in [9.17, 15) is 13.2 Å². The highest BCUT2D eigenvalue weighted by Crippen LogP contribution is 2.30. The molecule has 1 aromatic carbocycles. The Morgan fingerprint density at radius 1 is 1.03 bits per heavy atom. The molecule has 35 heavy (non-hydrogen) atoms. The Kier molecular flexibility index (Phi) is 6.99. The lowest BCUT2D eigenvalue weighted by Crippen LogP contribution is -2.15. The van der Waals surface area contributed by atoms with Crippen LogP contribution in [0.2, 0.25) is 0 Å². The van der Waals surface area contributed by atoms with Crippen molar-refractivity contribution in [3.63, 3.8) is 0 Å². The maximum Gasteiger partial charge on any atom is 0.387 e. The molecule has 0 radical (unpaired) electrons. The van der Waals surface area contributed by atoms with Gasteiger partial charge >= 0.3 is 6.61 Å². The number of para-hydroxylation sites is 1. The number of halogens is 3. The molecule has 1 fully saturated rings. The zero-order valence-corrected chi connectivity index (χ0v) is 19.2. The van der Waals surface area contributed by atoms with Crippen molar-refractivity contribution in [1.29, 1.82) is 0 Å². The summed E-state index contributed by atoms with van der Waals surface area (Å²) < 4.78 is 49.2. The second-order valence-electron chi connectivity index (χ2n) is 8.67. The van der Waals surface area contributed by atoms with Crippen LogP contribution in [0.1, 0.15) is 42.3 Å². The van der Waals surface area contributed by atoms with Crippen LogP contribution in [-0.4, -0.2) is 34.2 Å².